The lowest BCUT2D eigenvalue weighted by Crippen LogP contribution is -2.48. The zero-order chi connectivity index (χ0) is 13.7. The van der Waals surface area contributed by atoms with Crippen molar-refractivity contribution in [3.63, 3.8) is 0 Å². The summed E-state index contributed by atoms with van der Waals surface area (Å²) < 4.78 is 5.52. The number of hydrogen-bond donors (Lipinski definition) is 1. The van der Waals surface area contributed by atoms with Gasteiger partial charge < -0.3 is 15.0 Å². The van der Waals surface area contributed by atoms with Gasteiger partial charge in [0.25, 0.3) is 0 Å². The van der Waals surface area contributed by atoms with Gasteiger partial charge in [-0.2, -0.15) is 0 Å². The van der Waals surface area contributed by atoms with Crippen LogP contribution in [0.2, 0.25) is 0 Å². The van der Waals surface area contributed by atoms with Crippen LogP contribution in [0.15, 0.2) is 24.3 Å². The summed E-state index contributed by atoms with van der Waals surface area (Å²) in [5.74, 6) is 0.956. The van der Waals surface area contributed by atoms with Gasteiger partial charge in [-0.1, -0.05) is 0 Å². The third kappa shape index (κ3) is 3.63. The van der Waals surface area contributed by atoms with E-state index in [0.29, 0.717) is 0 Å². The van der Waals surface area contributed by atoms with Gasteiger partial charge >= 0.3 is 0 Å². The first-order chi connectivity index (χ1) is 9.13. The summed E-state index contributed by atoms with van der Waals surface area (Å²) in [4.78, 5) is 2.53. The van der Waals surface area contributed by atoms with Crippen molar-refractivity contribution < 1.29 is 4.74 Å². The van der Waals surface area contributed by atoms with E-state index in [1.54, 1.807) is 0 Å². The van der Waals surface area contributed by atoms with Crippen LogP contribution in [0, 0.1) is 0 Å². The highest BCUT2D eigenvalue weighted by Gasteiger charge is 2.27. The number of nitrogens with zero attached hydrogens (tertiary/aromatic N) is 1. The highest BCUT2D eigenvalue weighted by molar-refractivity contribution is 5.51. The van der Waals surface area contributed by atoms with Crippen LogP contribution in [0.1, 0.15) is 33.6 Å². The lowest BCUT2D eigenvalue weighted by molar-refractivity contribution is 0.340. The Balaban J connectivity index is 2.16. The summed E-state index contributed by atoms with van der Waals surface area (Å²) in [5, 5.41) is 3.49. The lowest BCUT2D eigenvalue weighted by Gasteiger charge is -2.42. The first-order valence-corrected chi connectivity index (χ1v) is 7.35. The van der Waals surface area contributed by atoms with Crippen LogP contribution in [0.4, 0.5) is 5.69 Å². The van der Waals surface area contributed by atoms with Crippen molar-refractivity contribution in [2.45, 2.75) is 39.2 Å². The summed E-state index contributed by atoms with van der Waals surface area (Å²) in [6, 6.07) is 8.52. The Kier molecular flexibility index (Phi) is 4.70. The monoisotopic (exact) mass is 262 g/mol. The van der Waals surface area contributed by atoms with Crippen molar-refractivity contribution in [3.05, 3.63) is 24.3 Å². The zero-order valence-electron chi connectivity index (χ0n) is 12.4. The Labute approximate surface area is 116 Å². The van der Waals surface area contributed by atoms with Gasteiger partial charge in [-0.05, 0) is 71.0 Å². The van der Waals surface area contributed by atoms with Gasteiger partial charge in [0, 0.05) is 17.8 Å². The Morgan fingerprint density at radius 1 is 1.21 bits per heavy atom. The molecule has 0 atom stereocenters. The molecular formula is C16H26N2O. The molecule has 1 aromatic carbocycles. The van der Waals surface area contributed by atoms with Gasteiger partial charge in [-0.25, -0.2) is 0 Å². The number of nitrogens with one attached hydrogen (secondary N) is 1. The molecule has 106 valence electrons. The summed E-state index contributed by atoms with van der Waals surface area (Å²) in [5.41, 5.74) is 1.50. The highest BCUT2D eigenvalue weighted by Crippen LogP contribution is 2.29. The summed E-state index contributed by atoms with van der Waals surface area (Å²) >= 11 is 0. The first kappa shape index (κ1) is 14.2. The number of benzene rings is 1. The normalized spacial score (nSPS) is 19.6. The van der Waals surface area contributed by atoms with E-state index in [1.807, 2.05) is 6.92 Å². The maximum Gasteiger partial charge on any atom is 0.119 e. The molecule has 19 heavy (non-hydrogen) atoms. The quantitative estimate of drug-likeness (QED) is 0.906. The molecule has 1 N–H and O–H groups in total. The molecule has 0 amide bonds. The first-order valence-electron chi connectivity index (χ1n) is 7.35. The van der Waals surface area contributed by atoms with E-state index in [4.69, 9.17) is 4.74 Å². The van der Waals surface area contributed by atoms with Crippen LogP contribution >= 0.6 is 0 Å². The minimum Gasteiger partial charge on any atom is -0.494 e. The molecule has 0 radical (unpaired) electrons. The van der Waals surface area contributed by atoms with E-state index in [1.165, 1.54) is 18.5 Å². The number of anilines is 1. The molecule has 0 spiro atoms. The SMILES string of the molecule is CCOc1ccc(N2CCCNCCC2(C)C)cc1. The van der Waals surface area contributed by atoms with Crippen LogP contribution in [0.5, 0.6) is 5.75 Å². The van der Waals surface area contributed by atoms with Gasteiger partial charge in [0.2, 0.25) is 0 Å². The fraction of sp³-hybridized carbons (Fsp3) is 0.625. The molecule has 1 saturated heterocycles. The molecule has 1 fully saturated rings. The number of ether oxygens (including phenoxy) is 1. The number of rotatable bonds is 3. The predicted octanol–water partition coefficient (Wildman–Crippen LogP) is 3.05. The lowest BCUT2D eigenvalue weighted by atomic mass is 9.95. The standard InChI is InChI=1S/C16H26N2O/c1-4-19-15-8-6-14(7-9-15)18-13-5-11-17-12-10-16(18,2)3/h6-9,17H,4-5,10-13H2,1-3H3. The van der Waals surface area contributed by atoms with Crippen LogP contribution in [-0.2, 0) is 0 Å². The van der Waals surface area contributed by atoms with Crippen LogP contribution in [0.3, 0.4) is 0 Å². The Hall–Kier alpha value is -1.22. The van der Waals surface area contributed by atoms with E-state index in [2.05, 4.69) is 48.3 Å². The van der Waals surface area contributed by atoms with Crippen LogP contribution in [-0.4, -0.2) is 31.8 Å². The average molecular weight is 262 g/mol. The molecule has 1 aliphatic rings. The fourth-order valence-electron chi connectivity index (χ4n) is 2.69. The molecule has 1 aliphatic heterocycles. The zero-order valence-corrected chi connectivity index (χ0v) is 12.4. The molecule has 0 bridgehead atoms. The van der Waals surface area contributed by atoms with Crippen molar-refractivity contribution in [1.29, 1.82) is 0 Å². The maximum atomic E-state index is 5.52. The largest absolute Gasteiger partial charge is 0.494 e. The summed E-state index contributed by atoms with van der Waals surface area (Å²) in [7, 11) is 0. The summed E-state index contributed by atoms with van der Waals surface area (Å²) in [6.07, 6.45) is 2.36. The van der Waals surface area contributed by atoms with Crippen LogP contribution < -0.4 is 15.0 Å². The van der Waals surface area contributed by atoms with E-state index in [0.717, 1.165) is 32.0 Å². The Morgan fingerprint density at radius 2 is 1.95 bits per heavy atom. The third-order valence-corrected chi connectivity index (χ3v) is 3.84. The molecule has 0 aromatic heterocycles. The van der Waals surface area contributed by atoms with Crippen molar-refractivity contribution in [2.24, 2.45) is 0 Å². The number of hydrogen-bond acceptors (Lipinski definition) is 3. The second-order valence-corrected chi connectivity index (χ2v) is 5.74. The molecule has 0 aliphatic carbocycles. The van der Waals surface area contributed by atoms with Crippen molar-refractivity contribution in [1.82, 2.24) is 5.32 Å². The van der Waals surface area contributed by atoms with E-state index in [-0.39, 0.29) is 5.54 Å². The molecular weight excluding hydrogens is 236 g/mol. The molecule has 0 saturated carbocycles. The average Bonchev–Trinajstić information content (AvgIpc) is 2.37. The molecule has 1 aromatic rings. The van der Waals surface area contributed by atoms with Gasteiger partial charge in [-0.3, -0.25) is 0 Å². The van der Waals surface area contributed by atoms with Gasteiger partial charge in [0.05, 0.1) is 6.61 Å². The molecule has 3 nitrogen and oxygen atoms in total. The van der Waals surface area contributed by atoms with Crippen molar-refractivity contribution in [2.75, 3.05) is 31.1 Å². The van der Waals surface area contributed by atoms with E-state index < -0.39 is 0 Å². The molecule has 3 heteroatoms. The Bertz CT molecular complexity index is 386. The maximum absolute atomic E-state index is 5.52. The van der Waals surface area contributed by atoms with Crippen molar-refractivity contribution in [3.8, 4) is 5.75 Å². The smallest absolute Gasteiger partial charge is 0.119 e. The minimum absolute atomic E-state index is 0.195. The summed E-state index contributed by atoms with van der Waals surface area (Å²) in [6.45, 7) is 10.7. The fourth-order valence-corrected chi connectivity index (χ4v) is 2.69. The topological polar surface area (TPSA) is 24.5 Å². The van der Waals surface area contributed by atoms with Gasteiger partial charge in [0.1, 0.15) is 5.75 Å². The second kappa shape index (κ2) is 6.29. The second-order valence-electron chi connectivity index (χ2n) is 5.74. The van der Waals surface area contributed by atoms with E-state index in [9.17, 15) is 0 Å². The van der Waals surface area contributed by atoms with Crippen LogP contribution in [0.25, 0.3) is 0 Å². The highest BCUT2D eigenvalue weighted by atomic mass is 16.5. The third-order valence-electron chi connectivity index (χ3n) is 3.84. The molecule has 0 unspecified atom stereocenters. The van der Waals surface area contributed by atoms with Gasteiger partial charge in [0.15, 0.2) is 0 Å². The minimum atomic E-state index is 0.195. The molecule has 1 heterocycles. The van der Waals surface area contributed by atoms with Crippen molar-refractivity contribution >= 4 is 5.69 Å². The molecule has 2 rings (SSSR count). The Morgan fingerprint density at radius 3 is 2.63 bits per heavy atom. The van der Waals surface area contributed by atoms with E-state index >= 15 is 0 Å². The predicted molar refractivity (Wildman–Crippen MR) is 81.1 cm³/mol. The van der Waals surface area contributed by atoms with Gasteiger partial charge in [-0.15, -0.1) is 0 Å².